The molecule has 4 aliphatic rings. The molecule has 1 spiro atoms. The van der Waals surface area contributed by atoms with Gasteiger partial charge in [-0.25, -0.2) is 0 Å². The van der Waals surface area contributed by atoms with Gasteiger partial charge in [0.2, 0.25) is 0 Å². The second-order valence-corrected chi connectivity index (χ2v) is 21.2. The molecule has 2 saturated heterocycles. The quantitative estimate of drug-likeness (QED) is 0.0443. The minimum atomic E-state index is -2.68. The van der Waals surface area contributed by atoms with Gasteiger partial charge in [0.1, 0.15) is 0 Å². The number of unbranched alkanes of at least 4 members (excludes halogenated alkanes) is 13. The molecule has 2 aliphatic carbocycles. The Morgan fingerprint density at radius 2 is 0.785 bits per heavy atom. The third kappa shape index (κ3) is 12.8. The zero-order chi connectivity index (χ0) is 45.2. The molecule has 8 rings (SSSR count). The first kappa shape index (κ1) is 50.3. The monoisotopic (exact) mass is 920 g/mol. The summed E-state index contributed by atoms with van der Waals surface area (Å²) < 4.78 is 29.9. The van der Waals surface area contributed by atoms with Gasteiger partial charge in [-0.05, 0) is 98.3 Å². The number of hydrogen-bond donors (Lipinski definition) is 3. The van der Waals surface area contributed by atoms with Gasteiger partial charge in [0.05, 0.1) is 37.0 Å². The molecule has 0 bridgehead atoms. The molecule has 4 aromatic carbocycles. The van der Waals surface area contributed by atoms with Crippen LogP contribution in [0.1, 0.15) is 183 Å². The van der Waals surface area contributed by atoms with Gasteiger partial charge in [-0.2, -0.15) is 25.3 Å². The van der Waals surface area contributed by atoms with E-state index < -0.39 is 30.4 Å². The minimum absolute atomic E-state index is 0.188. The molecule has 65 heavy (non-hydrogen) atoms. The smallest absolute Gasteiger partial charge is 0.510 e. The summed E-state index contributed by atoms with van der Waals surface area (Å²) in [7, 11) is 2.17. The predicted molar refractivity (Wildman–Crippen MR) is 277 cm³/mol. The van der Waals surface area contributed by atoms with Crippen LogP contribution in [-0.4, -0.2) is 31.0 Å². The second kappa shape index (κ2) is 25.7. The number of nitrogens with two attached hydrogens (primary N) is 1. The molecular weight excluding hydrogens is 838 g/mol. The molecule has 4 atom stereocenters. The van der Waals surface area contributed by atoms with Crippen molar-refractivity contribution in [3.8, 4) is 0 Å². The van der Waals surface area contributed by atoms with E-state index in [2.05, 4.69) is 141 Å². The van der Waals surface area contributed by atoms with Crippen molar-refractivity contribution in [2.24, 2.45) is 11.8 Å². The van der Waals surface area contributed by atoms with Gasteiger partial charge in [0.25, 0.3) is 0 Å². The lowest BCUT2D eigenvalue weighted by Crippen LogP contribution is -2.79. The average Bonchev–Trinajstić information content (AvgIpc) is 3.88. The molecule has 2 saturated carbocycles. The van der Waals surface area contributed by atoms with E-state index in [-0.39, 0.29) is 11.8 Å². The van der Waals surface area contributed by atoms with Crippen LogP contribution in [0.15, 0.2) is 121 Å². The molecule has 5 nitrogen and oxygen atoms in total. The molecule has 0 radical (unpaired) electrons. The Hall–Kier alpha value is -2.56. The maximum Gasteiger partial charge on any atom is 0.533 e. The van der Waals surface area contributed by atoms with Gasteiger partial charge >= 0.3 is 6.96 Å². The average molecular weight is 920 g/mol. The van der Waals surface area contributed by atoms with Crippen molar-refractivity contribution in [3.63, 3.8) is 0 Å². The van der Waals surface area contributed by atoms with E-state index in [1.807, 2.05) is 0 Å². The maximum absolute atomic E-state index is 7.62. The van der Waals surface area contributed by atoms with Crippen LogP contribution in [0, 0.1) is 11.8 Å². The Kier molecular flexibility index (Phi) is 19.9. The third-order valence-electron chi connectivity index (χ3n) is 15.2. The SMILES string of the molecule is CCCCCCCCCCCCCCCC[NH2+]C.SC1CCC(C2(c3ccccc3)O[B-]3(OC2c2ccccc2)OC(c2ccccc2)C(c2ccccc2)(C2CCC(S)CC2)O3)CC1. The number of quaternary nitrogens is 1. The Morgan fingerprint density at radius 1 is 0.462 bits per heavy atom. The van der Waals surface area contributed by atoms with Crippen molar-refractivity contribution in [2.75, 3.05) is 13.6 Å². The third-order valence-corrected chi connectivity index (χ3v) is 16.2. The van der Waals surface area contributed by atoms with E-state index in [9.17, 15) is 0 Å². The zero-order valence-corrected chi connectivity index (χ0v) is 41.7. The number of hydrogen-bond acceptors (Lipinski definition) is 6. The highest BCUT2D eigenvalue weighted by Gasteiger charge is 2.68. The molecule has 4 unspecified atom stereocenters. The highest BCUT2D eigenvalue weighted by Crippen LogP contribution is 2.65. The summed E-state index contributed by atoms with van der Waals surface area (Å²) in [5.74, 6) is 0.377. The van der Waals surface area contributed by atoms with Crippen LogP contribution in [0.5, 0.6) is 0 Å². The lowest BCUT2D eigenvalue weighted by Gasteiger charge is -2.48. The molecule has 8 heteroatoms. The standard InChI is InChI=1S/C40H44BO4S2.C17H37N/c46-35-25-21-33(22-26-35)39(31-17-9-3-10-18-31)37(29-13-5-1-6-14-29)42-41(44-39)43-38(30-15-7-2-8-16-30)40(45-41,32-19-11-4-12-20-32)34-23-27-36(47)28-24-34;1-3-4-5-6-7-8-9-10-11-12-13-14-15-16-17-18-2/h1-20,33-38,46-47H,21-28H2;18H,3-17H2,1-2H3/q-1;/p+1. The minimum Gasteiger partial charge on any atom is -0.510 e. The van der Waals surface area contributed by atoms with Crippen molar-refractivity contribution in [2.45, 2.75) is 182 Å². The van der Waals surface area contributed by atoms with Crippen LogP contribution in [0.25, 0.3) is 0 Å². The first-order valence-corrected chi connectivity index (χ1v) is 27.2. The zero-order valence-electron chi connectivity index (χ0n) is 40.0. The van der Waals surface area contributed by atoms with E-state index in [0.717, 1.165) is 73.6 Å². The number of thiol groups is 2. The van der Waals surface area contributed by atoms with Crippen LogP contribution in [0.4, 0.5) is 0 Å². The Balaban J connectivity index is 0.000000298. The van der Waals surface area contributed by atoms with Crippen LogP contribution < -0.4 is 5.32 Å². The summed E-state index contributed by atoms with van der Waals surface area (Å²) in [6, 6.07) is 42.5. The lowest BCUT2D eigenvalue weighted by molar-refractivity contribution is -0.627. The first-order valence-electron chi connectivity index (χ1n) is 26.2. The van der Waals surface area contributed by atoms with Gasteiger partial charge in [0.15, 0.2) is 0 Å². The van der Waals surface area contributed by atoms with E-state index in [1.165, 1.54) is 96.4 Å². The molecular formula is C57H82BNO4S2. The van der Waals surface area contributed by atoms with Crippen LogP contribution in [0.2, 0.25) is 0 Å². The fraction of sp³-hybridized carbons (Fsp3) is 0.579. The summed E-state index contributed by atoms with van der Waals surface area (Å²) >= 11 is 9.78. The fourth-order valence-electron chi connectivity index (χ4n) is 11.7. The highest BCUT2D eigenvalue weighted by atomic mass is 32.1. The van der Waals surface area contributed by atoms with Gasteiger partial charge in [0, 0.05) is 10.5 Å². The first-order chi connectivity index (χ1) is 31.9. The summed E-state index contributed by atoms with van der Waals surface area (Å²) in [4.78, 5) is 0. The van der Waals surface area contributed by atoms with Crippen LogP contribution in [-0.2, 0) is 29.8 Å². The lowest BCUT2D eigenvalue weighted by atomic mass is 9.69. The molecule has 354 valence electrons. The second-order valence-electron chi connectivity index (χ2n) is 19.8. The van der Waals surface area contributed by atoms with Crippen molar-refractivity contribution >= 4 is 32.2 Å². The largest absolute Gasteiger partial charge is 0.533 e. The van der Waals surface area contributed by atoms with Gasteiger partial charge in [-0.15, -0.1) is 0 Å². The highest BCUT2D eigenvalue weighted by molar-refractivity contribution is 7.81. The van der Waals surface area contributed by atoms with Crippen LogP contribution >= 0.6 is 25.3 Å². The fourth-order valence-corrected chi connectivity index (χ4v) is 12.3. The summed E-state index contributed by atoms with van der Waals surface area (Å²) in [5.41, 5.74) is 2.72. The summed E-state index contributed by atoms with van der Waals surface area (Å²) in [6.45, 7) is 0.929. The van der Waals surface area contributed by atoms with Crippen LogP contribution in [0.3, 0.4) is 0 Å². The van der Waals surface area contributed by atoms with Crippen molar-refractivity contribution in [1.82, 2.24) is 0 Å². The Morgan fingerprint density at radius 3 is 1.12 bits per heavy atom. The molecule has 0 aromatic heterocycles. The molecule has 2 N–H and O–H groups in total. The summed E-state index contributed by atoms with van der Waals surface area (Å²) in [5, 5.41) is 3.08. The normalized spacial score (nSPS) is 30.0. The molecule has 2 heterocycles. The summed E-state index contributed by atoms with van der Waals surface area (Å²) in [6.07, 6.45) is 27.6. The molecule has 4 aromatic rings. The number of rotatable bonds is 21. The molecule has 2 aliphatic heterocycles. The Bertz CT molecular complexity index is 1760. The maximum atomic E-state index is 7.62. The predicted octanol–water partition coefficient (Wildman–Crippen LogP) is 14.4. The van der Waals surface area contributed by atoms with Gasteiger partial charge < -0.3 is 23.9 Å². The Labute approximate surface area is 405 Å². The van der Waals surface area contributed by atoms with Crippen molar-refractivity contribution < 1.29 is 23.9 Å². The van der Waals surface area contributed by atoms with Crippen molar-refractivity contribution in [1.29, 1.82) is 0 Å². The molecule has 0 amide bonds. The number of benzene rings is 4. The van der Waals surface area contributed by atoms with E-state index >= 15 is 0 Å². The van der Waals surface area contributed by atoms with E-state index in [1.54, 1.807) is 0 Å². The topological polar surface area (TPSA) is 53.5 Å². The van der Waals surface area contributed by atoms with Gasteiger partial charge in [-0.3, -0.25) is 0 Å². The van der Waals surface area contributed by atoms with E-state index in [0.29, 0.717) is 10.5 Å². The van der Waals surface area contributed by atoms with Gasteiger partial charge in [-0.1, -0.05) is 205 Å². The van der Waals surface area contributed by atoms with Crippen molar-refractivity contribution in [3.05, 3.63) is 144 Å². The molecule has 4 fully saturated rings. The van der Waals surface area contributed by atoms with E-state index in [4.69, 9.17) is 43.9 Å².